The summed E-state index contributed by atoms with van der Waals surface area (Å²) in [6.45, 7) is 3.22. The Morgan fingerprint density at radius 3 is 2.05 bits per heavy atom. The standard InChI is InChI=1S/C33H29BrN4O4S/c1-21(31(40)36-27-17-15-26(16-18-27)35-22(2)39)43-29-10-6-9-28(20-29)37-33(42)30(19-23-11-13-25(34)14-12-23)38-32(41)24-7-4-3-5-8-24/h3-21H,1-2H3,(H,35,39)(H,36,40)(H,37,42)(H,38,41)/b30-19-. The van der Waals surface area contributed by atoms with Crippen molar-refractivity contribution < 1.29 is 19.2 Å². The molecule has 4 aromatic rings. The van der Waals surface area contributed by atoms with E-state index in [9.17, 15) is 19.2 Å². The van der Waals surface area contributed by atoms with Crippen LogP contribution in [-0.4, -0.2) is 28.9 Å². The predicted octanol–water partition coefficient (Wildman–Crippen LogP) is 6.94. The summed E-state index contributed by atoms with van der Waals surface area (Å²) in [5.74, 6) is -1.28. The zero-order valence-corrected chi connectivity index (χ0v) is 25.8. The molecule has 4 rings (SSSR count). The molecule has 0 fully saturated rings. The number of amides is 4. The normalized spacial score (nSPS) is 11.7. The Bertz CT molecular complexity index is 1640. The number of benzene rings is 4. The van der Waals surface area contributed by atoms with Gasteiger partial charge in [-0.25, -0.2) is 0 Å². The fourth-order valence-corrected chi connectivity index (χ4v) is 5.05. The predicted molar refractivity (Wildman–Crippen MR) is 176 cm³/mol. The first-order chi connectivity index (χ1) is 20.7. The molecule has 10 heteroatoms. The minimum Gasteiger partial charge on any atom is -0.326 e. The van der Waals surface area contributed by atoms with Crippen molar-refractivity contribution >= 4 is 74.5 Å². The number of thioether (sulfide) groups is 1. The zero-order chi connectivity index (χ0) is 30.8. The summed E-state index contributed by atoms with van der Waals surface area (Å²) in [7, 11) is 0. The summed E-state index contributed by atoms with van der Waals surface area (Å²) in [6.07, 6.45) is 1.61. The summed E-state index contributed by atoms with van der Waals surface area (Å²) in [4.78, 5) is 51.1. The SMILES string of the molecule is CC(=O)Nc1ccc(NC(=O)C(C)Sc2cccc(NC(=O)/C(=C/c3ccc(Br)cc3)NC(=O)c3ccccc3)c2)cc1. The maximum absolute atomic E-state index is 13.4. The van der Waals surface area contributed by atoms with Crippen molar-refractivity contribution in [1.82, 2.24) is 5.32 Å². The van der Waals surface area contributed by atoms with Gasteiger partial charge in [0, 0.05) is 38.9 Å². The number of hydrogen-bond acceptors (Lipinski definition) is 5. The van der Waals surface area contributed by atoms with E-state index in [0.29, 0.717) is 22.6 Å². The van der Waals surface area contributed by atoms with Crippen LogP contribution in [0.15, 0.2) is 118 Å². The molecule has 0 heterocycles. The van der Waals surface area contributed by atoms with E-state index >= 15 is 0 Å². The van der Waals surface area contributed by atoms with Crippen molar-refractivity contribution in [1.29, 1.82) is 0 Å². The lowest BCUT2D eigenvalue weighted by Crippen LogP contribution is -2.30. The van der Waals surface area contributed by atoms with Gasteiger partial charge >= 0.3 is 0 Å². The second-order valence-electron chi connectivity index (χ2n) is 9.42. The Kier molecular flexibility index (Phi) is 10.9. The van der Waals surface area contributed by atoms with Crippen molar-refractivity contribution in [2.45, 2.75) is 24.0 Å². The minimum atomic E-state index is -0.497. The molecule has 218 valence electrons. The van der Waals surface area contributed by atoms with Gasteiger partial charge in [0.15, 0.2) is 0 Å². The zero-order valence-electron chi connectivity index (χ0n) is 23.4. The van der Waals surface area contributed by atoms with Gasteiger partial charge in [0.2, 0.25) is 11.8 Å². The summed E-state index contributed by atoms with van der Waals surface area (Å²) in [5, 5.41) is 10.7. The number of carbonyl (C=O) groups excluding carboxylic acids is 4. The lowest BCUT2D eigenvalue weighted by atomic mass is 10.1. The van der Waals surface area contributed by atoms with E-state index < -0.39 is 17.1 Å². The molecule has 1 atom stereocenters. The highest BCUT2D eigenvalue weighted by molar-refractivity contribution is 9.10. The molecule has 0 aliphatic carbocycles. The van der Waals surface area contributed by atoms with Gasteiger partial charge in [-0.15, -0.1) is 11.8 Å². The Morgan fingerprint density at radius 1 is 0.744 bits per heavy atom. The van der Waals surface area contributed by atoms with Crippen molar-refractivity contribution in [3.8, 4) is 0 Å². The van der Waals surface area contributed by atoms with Gasteiger partial charge in [-0.2, -0.15) is 0 Å². The molecule has 43 heavy (non-hydrogen) atoms. The third-order valence-electron chi connectivity index (χ3n) is 5.96. The minimum absolute atomic E-state index is 0.0755. The Hall–Kier alpha value is -4.67. The van der Waals surface area contributed by atoms with Gasteiger partial charge in [0.1, 0.15) is 5.70 Å². The van der Waals surface area contributed by atoms with E-state index in [-0.39, 0.29) is 17.5 Å². The molecule has 4 amide bonds. The van der Waals surface area contributed by atoms with Gasteiger partial charge in [-0.05, 0) is 85.3 Å². The lowest BCUT2D eigenvalue weighted by molar-refractivity contribution is -0.115. The first kappa shape index (κ1) is 31.3. The number of carbonyl (C=O) groups is 4. The number of nitrogens with one attached hydrogen (secondary N) is 4. The molecule has 1 unspecified atom stereocenters. The maximum atomic E-state index is 13.4. The molecule has 0 saturated carbocycles. The van der Waals surface area contributed by atoms with Gasteiger partial charge in [-0.3, -0.25) is 19.2 Å². The fourth-order valence-electron chi connectivity index (χ4n) is 3.86. The van der Waals surface area contributed by atoms with Crippen molar-refractivity contribution in [3.63, 3.8) is 0 Å². The quantitative estimate of drug-likeness (QED) is 0.109. The molecule has 4 N–H and O–H groups in total. The molecular formula is C33H29BrN4O4S. The van der Waals surface area contributed by atoms with E-state index in [4.69, 9.17) is 0 Å². The molecule has 4 aromatic carbocycles. The first-order valence-electron chi connectivity index (χ1n) is 13.3. The number of halogens is 1. The first-order valence-corrected chi connectivity index (χ1v) is 14.9. The van der Waals surface area contributed by atoms with Crippen LogP contribution in [0.1, 0.15) is 29.8 Å². The van der Waals surface area contributed by atoms with Crippen LogP contribution in [0.3, 0.4) is 0 Å². The van der Waals surface area contributed by atoms with Crippen molar-refractivity contribution in [2.24, 2.45) is 0 Å². The van der Waals surface area contributed by atoms with Gasteiger partial charge in [-0.1, -0.05) is 52.3 Å². The van der Waals surface area contributed by atoms with Crippen molar-refractivity contribution in [3.05, 3.63) is 124 Å². The smallest absolute Gasteiger partial charge is 0.272 e. The van der Waals surface area contributed by atoms with Crippen molar-refractivity contribution in [2.75, 3.05) is 16.0 Å². The van der Waals surface area contributed by atoms with E-state index in [2.05, 4.69) is 37.2 Å². The van der Waals surface area contributed by atoms with Crippen LogP contribution in [0.5, 0.6) is 0 Å². The summed E-state index contributed by atoms with van der Waals surface area (Å²) >= 11 is 4.74. The molecule has 8 nitrogen and oxygen atoms in total. The molecule has 0 aliphatic heterocycles. The topological polar surface area (TPSA) is 116 Å². The third-order valence-corrected chi connectivity index (χ3v) is 7.58. The highest BCUT2D eigenvalue weighted by atomic mass is 79.9. The van der Waals surface area contributed by atoms with Crippen LogP contribution in [0, 0.1) is 0 Å². The Morgan fingerprint density at radius 2 is 1.40 bits per heavy atom. The third kappa shape index (κ3) is 9.69. The average molecular weight is 658 g/mol. The number of anilines is 3. The molecule has 0 saturated heterocycles. The lowest BCUT2D eigenvalue weighted by Gasteiger charge is -2.14. The van der Waals surface area contributed by atoms with Crippen LogP contribution in [0.2, 0.25) is 0 Å². The molecular weight excluding hydrogens is 628 g/mol. The van der Waals surface area contributed by atoms with Crippen LogP contribution < -0.4 is 21.3 Å². The maximum Gasteiger partial charge on any atom is 0.272 e. The van der Waals surface area contributed by atoms with E-state index in [1.165, 1.54) is 18.7 Å². The van der Waals surface area contributed by atoms with Gasteiger partial charge in [0.05, 0.1) is 5.25 Å². The van der Waals surface area contributed by atoms with Crippen LogP contribution in [-0.2, 0) is 14.4 Å². The molecule has 0 spiro atoms. The largest absolute Gasteiger partial charge is 0.326 e. The molecule has 0 aromatic heterocycles. The Labute approximate surface area is 262 Å². The molecule has 0 bridgehead atoms. The van der Waals surface area contributed by atoms with E-state index in [1.807, 2.05) is 36.4 Å². The molecule has 0 radical (unpaired) electrons. The summed E-state index contributed by atoms with van der Waals surface area (Å²) in [5.41, 5.74) is 2.98. The number of rotatable bonds is 10. The summed E-state index contributed by atoms with van der Waals surface area (Å²) < 4.78 is 0.890. The van der Waals surface area contributed by atoms with Gasteiger partial charge < -0.3 is 21.3 Å². The Balaban J connectivity index is 1.43. The van der Waals surface area contributed by atoms with E-state index in [1.54, 1.807) is 79.7 Å². The monoisotopic (exact) mass is 656 g/mol. The van der Waals surface area contributed by atoms with E-state index in [0.717, 1.165) is 14.9 Å². The number of hydrogen-bond donors (Lipinski definition) is 4. The summed E-state index contributed by atoms with van der Waals surface area (Å²) in [6, 6.07) is 30.0. The van der Waals surface area contributed by atoms with Crippen LogP contribution in [0.25, 0.3) is 6.08 Å². The average Bonchev–Trinajstić information content (AvgIpc) is 2.99. The van der Waals surface area contributed by atoms with Crippen LogP contribution in [0.4, 0.5) is 17.1 Å². The molecule has 0 aliphatic rings. The fraction of sp³-hybridized carbons (Fsp3) is 0.0909. The second-order valence-corrected chi connectivity index (χ2v) is 11.7. The van der Waals surface area contributed by atoms with Crippen LogP contribution >= 0.6 is 27.7 Å². The second kappa shape index (κ2) is 15.0. The highest BCUT2D eigenvalue weighted by Gasteiger charge is 2.17. The van der Waals surface area contributed by atoms with Gasteiger partial charge in [0.25, 0.3) is 11.8 Å². The highest BCUT2D eigenvalue weighted by Crippen LogP contribution is 2.27.